The van der Waals surface area contributed by atoms with E-state index in [9.17, 15) is 24.0 Å². The maximum absolute atomic E-state index is 15.3. The topological polar surface area (TPSA) is 169 Å². The number of fused-ring (bicyclic) bond motifs is 2. The molecule has 3 aromatic heterocycles. The summed E-state index contributed by atoms with van der Waals surface area (Å²) in [5, 5.41) is 6.28. The maximum atomic E-state index is 15.3. The summed E-state index contributed by atoms with van der Waals surface area (Å²) >= 11 is 0. The lowest BCUT2D eigenvalue weighted by atomic mass is 10.0. The van der Waals surface area contributed by atoms with Gasteiger partial charge in [0.1, 0.15) is 29.0 Å². The van der Waals surface area contributed by atoms with Crippen LogP contribution in [0.1, 0.15) is 94.2 Å². The summed E-state index contributed by atoms with van der Waals surface area (Å²) in [6.45, 7) is 5.54. The quantitative estimate of drug-likeness (QED) is 0.236. The molecule has 3 saturated heterocycles. The van der Waals surface area contributed by atoms with Gasteiger partial charge < -0.3 is 19.7 Å². The van der Waals surface area contributed by atoms with Crippen LogP contribution in [-0.4, -0.2) is 134 Å². The minimum atomic E-state index is -1.14. The molecule has 0 bridgehead atoms. The molecule has 7 heterocycles. The minimum Gasteiger partial charge on any atom is -0.370 e. The monoisotopic (exact) mass is 805 g/mol. The van der Waals surface area contributed by atoms with E-state index in [-0.39, 0.29) is 35.9 Å². The summed E-state index contributed by atoms with van der Waals surface area (Å²) in [5.41, 5.74) is 2.70. The standard InChI is InChI=1S/C42H48FN11O5/c1-49(2)40(58)33-21-26-22-45-42(48-37(26)53(33)28-5-3-4-6-28)46-34-9-7-29(23-44-34)51-13-11-27(12-14-51)52-17-15-50(16-18-52)24-25-19-30-36(31(43)20-25)41(59)54(39(30)57)32-8-10-35(55)47-38(32)56/h7,9,19-23,27-28,32H,3-6,8,10-18,24H2,1-2H3,(H,47,55,56)(H,44,45,46,48). The Kier molecular flexibility index (Phi) is 10.3. The van der Waals surface area contributed by atoms with Gasteiger partial charge in [-0.3, -0.25) is 44.0 Å². The number of anilines is 3. The number of amides is 5. The number of hydrogen-bond acceptors (Lipinski definition) is 12. The van der Waals surface area contributed by atoms with Crippen LogP contribution >= 0.6 is 0 Å². The van der Waals surface area contributed by atoms with Gasteiger partial charge in [0.25, 0.3) is 17.7 Å². The second-order valence-corrected chi connectivity index (χ2v) is 16.5. The van der Waals surface area contributed by atoms with E-state index in [1.165, 1.54) is 6.07 Å². The van der Waals surface area contributed by atoms with Crippen LogP contribution in [0.4, 0.5) is 21.8 Å². The number of nitrogens with zero attached hydrogens (tertiary/aromatic N) is 9. The Balaban J connectivity index is 0.772. The highest BCUT2D eigenvalue weighted by Gasteiger charge is 2.46. The predicted molar refractivity (Wildman–Crippen MR) is 216 cm³/mol. The van der Waals surface area contributed by atoms with Gasteiger partial charge in [0, 0.05) is 90.0 Å². The van der Waals surface area contributed by atoms with Crippen molar-refractivity contribution in [2.24, 2.45) is 0 Å². The number of carbonyl (C=O) groups is 5. The Morgan fingerprint density at radius 2 is 1.64 bits per heavy atom. The Labute approximate surface area is 340 Å². The molecule has 4 aromatic rings. The van der Waals surface area contributed by atoms with Crippen molar-refractivity contribution in [3.05, 3.63) is 70.9 Å². The Bertz CT molecular complexity index is 2330. The van der Waals surface area contributed by atoms with Crippen LogP contribution < -0.4 is 15.5 Å². The van der Waals surface area contributed by atoms with Crippen LogP contribution in [0.3, 0.4) is 0 Å². The van der Waals surface area contributed by atoms with Crippen molar-refractivity contribution in [2.45, 2.75) is 76.0 Å². The second kappa shape index (κ2) is 15.7. The van der Waals surface area contributed by atoms with Crippen LogP contribution in [0, 0.1) is 5.82 Å². The van der Waals surface area contributed by atoms with Gasteiger partial charge in [0.05, 0.1) is 23.0 Å². The van der Waals surface area contributed by atoms with Crippen molar-refractivity contribution in [3.63, 3.8) is 0 Å². The predicted octanol–water partition coefficient (Wildman–Crippen LogP) is 3.71. The van der Waals surface area contributed by atoms with Gasteiger partial charge in [-0.2, -0.15) is 4.98 Å². The number of pyridine rings is 1. The zero-order valence-corrected chi connectivity index (χ0v) is 33.3. The molecule has 4 aliphatic heterocycles. The van der Waals surface area contributed by atoms with E-state index in [0.29, 0.717) is 35.6 Å². The summed E-state index contributed by atoms with van der Waals surface area (Å²) in [6.07, 6.45) is 10.0. The number of imide groups is 2. The van der Waals surface area contributed by atoms with Gasteiger partial charge in [-0.05, 0) is 68.0 Å². The van der Waals surface area contributed by atoms with E-state index < -0.39 is 35.5 Å². The first-order valence-corrected chi connectivity index (χ1v) is 20.6. The van der Waals surface area contributed by atoms with Crippen molar-refractivity contribution < 1.29 is 28.4 Å². The Morgan fingerprint density at radius 3 is 2.34 bits per heavy atom. The van der Waals surface area contributed by atoms with Gasteiger partial charge >= 0.3 is 0 Å². The third kappa shape index (κ3) is 7.41. The highest BCUT2D eigenvalue weighted by Crippen LogP contribution is 2.35. The van der Waals surface area contributed by atoms with Gasteiger partial charge in [-0.15, -0.1) is 0 Å². The van der Waals surface area contributed by atoms with Crippen molar-refractivity contribution in [1.29, 1.82) is 0 Å². The lowest BCUT2D eigenvalue weighted by molar-refractivity contribution is -0.136. The number of piperazine rings is 1. The molecule has 17 heteroatoms. The van der Waals surface area contributed by atoms with E-state index >= 15 is 4.39 Å². The molecule has 308 valence electrons. The van der Waals surface area contributed by atoms with Crippen molar-refractivity contribution in [1.82, 2.24) is 44.4 Å². The van der Waals surface area contributed by atoms with Gasteiger partial charge in [-0.1, -0.05) is 12.8 Å². The average molecular weight is 806 g/mol. The van der Waals surface area contributed by atoms with Gasteiger partial charge in [-0.25, -0.2) is 14.4 Å². The fourth-order valence-electron chi connectivity index (χ4n) is 9.48. The minimum absolute atomic E-state index is 0.00294. The molecular formula is C42H48FN11O5. The third-order valence-corrected chi connectivity index (χ3v) is 12.6. The number of hydrogen-bond donors (Lipinski definition) is 2. The van der Waals surface area contributed by atoms with Crippen LogP contribution in [0.15, 0.2) is 42.7 Å². The summed E-state index contributed by atoms with van der Waals surface area (Å²) in [5.74, 6) is -2.47. The molecule has 16 nitrogen and oxygen atoms in total. The number of benzene rings is 1. The molecule has 0 spiro atoms. The van der Waals surface area contributed by atoms with Crippen molar-refractivity contribution >= 4 is 58.0 Å². The van der Waals surface area contributed by atoms with Crippen LogP contribution in [0.5, 0.6) is 0 Å². The van der Waals surface area contributed by atoms with Crippen LogP contribution in [0.25, 0.3) is 11.0 Å². The average Bonchev–Trinajstić information content (AvgIpc) is 3.95. The van der Waals surface area contributed by atoms with Crippen molar-refractivity contribution in [3.8, 4) is 0 Å². The highest BCUT2D eigenvalue weighted by molar-refractivity contribution is 6.23. The number of aromatic nitrogens is 4. The SMILES string of the molecule is CN(C)C(=O)c1cc2cnc(Nc3ccc(N4CCC(N5CCN(Cc6cc(F)c7c(c6)C(=O)N(C6CCC(=O)NC6=O)C7=O)CC5)CC4)cn3)nc2n1C1CCCC1. The van der Waals surface area contributed by atoms with E-state index in [2.05, 4.69) is 41.0 Å². The van der Waals surface area contributed by atoms with Crippen LogP contribution in [0.2, 0.25) is 0 Å². The second-order valence-electron chi connectivity index (χ2n) is 16.5. The normalized spacial score (nSPS) is 21.1. The summed E-state index contributed by atoms with van der Waals surface area (Å²) in [4.78, 5) is 87.1. The molecule has 1 unspecified atom stereocenters. The molecular weight excluding hydrogens is 758 g/mol. The molecule has 1 saturated carbocycles. The lowest BCUT2D eigenvalue weighted by Crippen LogP contribution is -2.54. The van der Waals surface area contributed by atoms with E-state index in [1.807, 2.05) is 18.3 Å². The number of halogens is 1. The Hall–Kier alpha value is -5.81. The number of piperidine rings is 2. The zero-order chi connectivity index (χ0) is 40.9. The molecule has 9 rings (SSSR count). The number of rotatable bonds is 9. The van der Waals surface area contributed by atoms with E-state index in [1.54, 1.807) is 31.3 Å². The number of carbonyl (C=O) groups excluding carboxylic acids is 5. The first-order valence-electron chi connectivity index (χ1n) is 20.6. The van der Waals surface area contributed by atoms with Crippen LogP contribution in [-0.2, 0) is 16.1 Å². The molecule has 1 atom stereocenters. The third-order valence-electron chi connectivity index (χ3n) is 12.6. The van der Waals surface area contributed by atoms with E-state index in [4.69, 9.17) is 9.97 Å². The fraction of sp³-hybridized carbons (Fsp3) is 0.476. The van der Waals surface area contributed by atoms with Gasteiger partial charge in [0.15, 0.2) is 0 Å². The van der Waals surface area contributed by atoms with E-state index in [0.717, 1.165) is 99.4 Å². The Morgan fingerprint density at radius 1 is 0.881 bits per heavy atom. The smallest absolute Gasteiger partial charge is 0.270 e. The first-order chi connectivity index (χ1) is 28.5. The lowest BCUT2D eigenvalue weighted by Gasteiger charge is -2.43. The molecule has 5 aliphatic rings. The van der Waals surface area contributed by atoms with Gasteiger partial charge in [0.2, 0.25) is 17.8 Å². The molecule has 5 amide bonds. The molecule has 1 aliphatic carbocycles. The molecule has 1 aromatic carbocycles. The fourth-order valence-corrected chi connectivity index (χ4v) is 9.48. The molecule has 0 radical (unpaired) electrons. The zero-order valence-electron chi connectivity index (χ0n) is 33.3. The molecule has 4 fully saturated rings. The summed E-state index contributed by atoms with van der Waals surface area (Å²) < 4.78 is 17.4. The first kappa shape index (κ1) is 38.7. The highest BCUT2D eigenvalue weighted by atomic mass is 19.1. The molecule has 2 N–H and O–H groups in total. The largest absolute Gasteiger partial charge is 0.370 e. The maximum Gasteiger partial charge on any atom is 0.270 e. The summed E-state index contributed by atoms with van der Waals surface area (Å²) in [6, 6.07) is 8.34. The summed E-state index contributed by atoms with van der Waals surface area (Å²) in [7, 11) is 3.54. The molecule has 59 heavy (non-hydrogen) atoms. The van der Waals surface area contributed by atoms with Crippen molar-refractivity contribution in [2.75, 3.05) is 63.6 Å². The number of nitrogens with one attached hydrogen (secondary N) is 2.